The van der Waals surface area contributed by atoms with Gasteiger partial charge in [-0.25, -0.2) is 4.79 Å². The summed E-state index contributed by atoms with van der Waals surface area (Å²) in [5.74, 6) is -0.798. The van der Waals surface area contributed by atoms with E-state index in [1.165, 1.54) is 34.5 Å². The second-order valence-electron chi connectivity index (χ2n) is 6.07. The Hall–Kier alpha value is -1.53. The fraction of sp³-hybridized carbons (Fsp3) is 0.533. The van der Waals surface area contributed by atoms with E-state index in [0.29, 0.717) is 17.1 Å². The van der Waals surface area contributed by atoms with Crippen molar-refractivity contribution in [3.8, 4) is 0 Å². The van der Waals surface area contributed by atoms with Crippen LogP contribution in [0.4, 0.5) is 0 Å². The lowest BCUT2D eigenvalue weighted by Gasteiger charge is -2.49. The maximum Gasteiger partial charge on any atom is 0.352 e. The number of nitrogens with two attached hydrogens (primary N) is 1. The summed E-state index contributed by atoms with van der Waals surface area (Å²) >= 11 is 2.93. The van der Waals surface area contributed by atoms with Crippen molar-refractivity contribution < 1.29 is 19.5 Å². The minimum atomic E-state index is -1.17. The molecule has 3 aliphatic heterocycles. The molecule has 3 unspecified atom stereocenters. The molecule has 0 saturated carbocycles. The van der Waals surface area contributed by atoms with Crippen LogP contribution in [0.25, 0.3) is 0 Å². The SMILES string of the molecule is C=CC1=C(C(=O)O)N2C(=O)[C@@H](NC(=O)C(NC)C3CSC(N)N3)[C@H]2SC1. The predicted molar refractivity (Wildman–Crippen MR) is 100 cm³/mol. The van der Waals surface area contributed by atoms with Gasteiger partial charge in [-0.05, 0) is 12.6 Å². The van der Waals surface area contributed by atoms with Gasteiger partial charge in [0.1, 0.15) is 28.7 Å². The highest BCUT2D eigenvalue weighted by atomic mass is 32.2. The minimum absolute atomic E-state index is 0.0516. The Labute approximate surface area is 159 Å². The van der Waals surface area contributed by atoms with Crippen LogP contribution in [0, 0.1) is 0 Å². The van der Waals surface area contributed by atoms with Gasteiger partial charge >= 0.3 is 5.97 Å². The van der Waals surface area contributed by atoms with Crippen molar-refractivity contribution in [1.82, 2.24) is 20.9 Å². The van der Waals surface area contributed by atoms with Crippen LogP contribution in [0.15, 0.2) is 23.9 Å². The summed E-state index contributed by atoms with van der Waals surface area (Å²) in [6.07, 6.45) is 1.45. The van der Waals surface area contributed by atoms with Gasteiger partial charge < -0.3 is 21.5 Å². The van der Waals surface area contributed by atoms with Crippen LogP contribution in [0.2, 0.25) is 0 Å². The number of rotatable bonds is 6. The zero-order chi connectivity index (χ0) is 19.0. The molecule has 3 aliphatic rings. The first kappa shape index (κ1) is 19.2. The first-order valence-electron chi connectivity index (χ1n) is 8.03. The number of nitrogens with one attached hydrogen (secondary N) is 3. The number of carboxylic acid groups (broad SMARTS) is 1. The van der Waals surface area contributed by atoms with E-state index in [9.17, 15) is 19.5 Å². The number of nitrogens with zero attached hydrogens (tertiary/aromatic N) is 1. The predicted octanol–water partition coefficient (Wildman–Crippen LogP) is -1.55. The van der Waals surface area contributed by atoms with E-state index in [2.05, 4.69) is 22.5 Å². The summed E-state index contributed by atoms with van der Waals surface area (Å²) in [6.45, 7) is 3.61. The van der Waals surface area contributed by atoms with Crippen molar-refractivity contribution in [2.24, 2.45) is 5.73 Å². The van der Waals surface area contributed by atoms with Crippen LogP contribution in [-0.2, 0) is 14.4 Å². The molecule has 0 aliphatic carbocycles. The van der Waals surface area contributed by atoms with E-state index in [1.54, 1.807) is 7.05 Å². The van der Waals surface area contributed by atoms with E-state index in [0.717, 1.165) is 0 Å². The van der Waals surface area contributed by atoms with Crippen molar-refractivity contribution in [2.75, 3.05) is 18.6 Å². The fourth-order valence-electron chi connectivity index (χ4n) is 3.26. The Bertz CT molecular complexity index is 685. The van der Waals surface area contributed by atoms with Crippen LogP contribution in [0.5, 0.6) is 0 Å². The average molecular weight is 399 g/mol. The second kappa shape index (κ2) is 7.61. The molecule has 0 aromatic heterocycles. The highest BCUT2D eigenvalue weighted by Crippen LogP contribution is 2.40. The molecule has 2 amide bonds. The number of allylic oxidation sites excluding steroid dienone is 1. The Morgan fingerprint density at radius 3 is 2.77 bits per heavy atom. The molecule has 3 heterocycles. The third kappa shape index (κ3) is 3.25. The molecule has 11 heteroatoms. The summed E-state index contributed by atoms with van der Waals surface area (Å²) < 4.78 is 0. The summed E-state index contributed by atoms with van der Waals surface area (Å²) in [5.41, 5.74) is 6.03. The quantitative estimate of drug-likeness (QED) is 0.336. The molecular weight excluding hydrogens is 378 g/mol. The fourth-order valence-corrected chi connectivity index (χ4v) is 5.58. The van der Waals surface area contributed by atoms with E-state index in [-0.39, 0.29) is 23.1 Å². The summed E-state index contributed by atoms with van der Waals surface area (Å²) in [6, 6.07) is -1.43. The number of likely N-dealkylation sites (N-methyl/N-ethyl adjacent to an activating group) is 1. The highest BCUT2D eigenvalue weighted by molar-refractivity contribution is 8.00. The third-order valence-corrected chi connectivity index (χ3v) is 6.92. The molecule has 6 N–H and O–H groups in total. The van der Waals surface area contributed by atoms with E-state index >= 15 is 0 Å². The molecule has 0 radical (unpaired) electrons. The number of carbonyl (C=O) groups excluding carboxylic acids is 2. The Balaban J connectivity index is 1.70. The molecule has 0 bridgehead atoms. The molecule has 26 heavy (non-hydrogen) atoms. The molecule has 2 saturated heterocycles. The molecule has 142 valence electrons. The minimum Gasteiger partial charge on any atom is -0.477 e. The molecular formula is C15H21N5O4S2. The number of β-lactam (4-membered cyclic amide) rings is 1. The van der Waals surface area contributed by atoms with Gasteiger partial charge in [0.25, 0.3) is 5.91 Å². The monoisotopic (exact) mass is 399 g/mol. The lowest BCUT2D eigenvalue weighted by Crippen LogP contribution is -2.72. The van der Waals surface area contributed by atoms with E-state index < -0.39 is 29.3 Å². The smallest absolute Gasteiger partial charge is 0.352 e. The van der Waals surface area contributed by atoms with Gasteiger partial charge in [-0.3, -0.25) is 19.8 Å². The number of carbonyl (C=O) groups is 3. The average Bonchev–Trinajstić information content (AvgIpc) is 3.04. The standard InChI is InChI=1S/C15H21N5O4S2/c1-3-6-4-25-13-9(12(22)20(13)10(6)14(23)24)19-11(21)8(17-2)7-5-26-15(16)18-7/h3,7-9,13,15,17-18H,1,4-5,16H2,2H3,(H,19,21)(H,23,24)/t7?,8?,9-,13-,15?/m1/s1. The third-order valence-electron chi connectivity index (χ3n) is 4.57. The molecule has 5 atom stereocenters. The molecule has 0 aromatic carbocycles. The van der Waals surface area contributed by atoms with Gasteiger partial charge in [-0.2, -0.15) is 0 Å². The first-order valence-corrected chi connectivity index (χ1v) is 10.1. The summed E-state index contributed by atoms with van der Waals surface area (Å²) in [4.78, 5) is 37.9. The van der Waals surface area contributed by atoms with Crippen molar-refractivity contribution in [3.05, 3.63) is 23.9 Å². The lowest BCUT2D eigenvalue weighted by molar-refractivity contribution is -0.151. The maximum atomic E-state index is 12.6. The maximum absolute atomic E-state index is 12.6. The van der Waals surface area contributed by atoms with Crippen molar-refractivity contribution in [3.63, 3.8) is 0 Å². The van der Waals surface area contributed by atoms with Gasteiger partial charge in [0.15, 0.2) is 0 Å². The van der Waals surface area contributed by atoms with Crippen LogP contribution < -0.4 is 21.7 Å². The van der Waals surface area contributed by atoms with Crippen LogP contribution >= 0.6 is 23.5 Å². The topological polar surface area (TPSA) is 137 Å². The lowest BCUT2D eigenvalue weighted by atomic mass is 10.0. The van der Waals surface area contributed by atoms with Gasteiger partial charge in [0.2, 0.25) is 5.91 Å². The van der Waals surface area contributed by atoms with E-state index in [1.807, 2.05) is 0 Å². The number of thioether (sulfide) groups is 2. The number of amides is 2. The summed E-state index contributed by atoms with van der Waals surface area (Å²) in [7, 11) is 1.67. The number of aliphatic carboxylic acids is 1. The Kier molecular flexibility index (Phi) is 5.63. The molecule has 0 spiro atoms. The second-order valence-corrected chi connectivity index (χ2v) is 8.35. The zero-order valence-electron chi connectivity index (χ0n) is 14.1. The number of hydrogen-bond donors (Lipinski definition) is 5. The number of fused-ring (bicyclic) bond motifs is 1. The zero-order valence-corrected chi connectivity index (χ0v) is 15.7. The Morgan fingerprint density at radius 2 is 2.23 bits per heavy atom. The molecule has 3 rings (SSSR count). The van der Waals surface area contributed by atoms with Crippen molar-refractivity contribution in [2.45, 2.75) is 29.0 Å². The van der Waals surface area contributed by atoms with Gasteiger partial charge in [0.05, 0.1) is 0 Å². The number of hydrogen-bond acceptors (Lipinski definition) is 8. The van der Waals surface area contributed by atoms with Crippen LogP contribution in [-0.4, -0.2) is 75.3 Å². The van der Waals surface area contributed by atoms with E-state index in [4.69, 9.17) is 5.73 Å². The molecule has 2 fully saturated rings. The largest absolute Gasteiger partial charge is 0.477 e. The van der Waals surface area contributed by atoms with Gasteiger partial charge in [-0.1, -0.05) is 12.7 Å². The van der Waals surface area contributed by atoms with Crippen molar-refractivity contribution in [1.29, 1.82) is 0 Å². The molecule has 9 nitrogen and oxygen atoms in total. The Morgan fingerprint density at radius 1 is 1.50 bits per heavy atom. The van der Waals surface area contributed by atoms with Crippen LogP contribution in [0.3, 0.4) is 0 Å². The first-order chi connectivity index (χ1) is 12.4. The normalized spacial score (nSPS) is 31.9. The van der Waals surface area contributed by atoms with Gasteiger partial charge in [-0.15, -0.1) is 23.5 Å². The summed E-state index contributed by atoms with van der Waals surface area (Å²) in [5, 5.41) is 17.8. The highest BCUT2D eigenvalue weighted by Gasteiger charge is 2.54. The van der Waals surface area contributed by atoms with Crippen molar-refractivity contribution >= 4 is 41.3 Å². The van der Waals surface area contributed by atoms with Gasteiger partial charge in [0, 0.05) is 17.5 Å². The molecule has 0 aromatic rings. The number of carboxylic acids is 1. The van der Waals surface area contributed by atoms with Crippen LogP contribution in [0.1, 0.15) is 0 Å².